The lowest BCUT2D eigenvalue weighted by atomic mass is 9.83. The number of hydrogen-bond donors (Lipinski definition) is 0. The molecule has 0 radical (unpaired) electrons. The first-order valence-electron chi connectivity index (χ1n) is 24.7. The summed E-state index contributed by atoms with van der Waals surface area (Å²) in [6, 6.07) is 106. The molecule has 0 bridgehead atoms. The van der Waals surface area contributed by atoms with E-state index in [1.807, 2.05) is 0 Å². The molecule has 0 saturated carbocycles. The number of nitrogens with zero attached hydrogens (tertiary/aromatic N) is 1. The van der Waals surface area contributed by atoms with Crippen LogP contribution >= 0.6 is 0 Å². The summed E-state index contributed by atoms with van der Waals surface area (Å²) in [4.78, 5) is 2.34. The Morgan fingerprint density at radius 1 is 0.254 bits per heavy atom. The number of benzene rings is 12. The van der Waals surface area contributed by atoms with E-state index in [4.69, 9.17) is 0 Å². The molecule has 0 unspecified atom stereocenters. The molecule has 0 aliphatic rings. The molecule has 336 valence electrons. The van der Waals surface area contributed by atoms with Crippen molar-refractivity contribution < 1.29 is 0 Å². The molecule has 12 aromatic rings. The molecule has 0 aliphatic carbocycles. The third-order valence-corrected chi connectivity index (χ3v) is 14.1. The van der Waals surface area contributed by atoms with Gasteiger partial charge in [-0.2, -0.15) is 0 Å². The van der Waals surface area contributed by atoms with Crippen molar-refractivity contribution in [2.45, 2.75) is 12.3 Å². The third kappa shape index (κ3) is 8.94. The average Bonchev–Trinajstić information content (AvgIpc) is 3.45. The number of rotatable bonds is 12. The molecule has 0 spiro atoms. The largest absolute Gasteiger partial charge is 0.311 e. The quantitative estimate of drug-likeness (QED) is 0.118. The van der Waals surface area contributed by atoms with Gasteiger partial charge in [-0.3, -0.25) is 0 Å². The van der Waals surface area contributed by atoms with Crippen LogP contribution in [0.4, 0.5) is 17.1 Å². The molecule has 12 aromatic carbocycles. The standard InChI is InChI=1S/C70H51N/c1-4-16-51(17-5-1)52-39-43-62(44-40-52)71(61-24-8-3-9-25-61)63-45-41-58(42-46-63)68-47-30-50(49-70(68)55-18-6-2-7-19-55)48-69(59-35-31-56(32-36-59)66-28-14-22-53-20-10-12-26-64(53)66)60-37-33-57(34-38-60)67-29-15-23-54-21-11-13-27-65(54)67/h1-47,49,69H,48H2. The van der Waals surface area contributed by atoms with Crippen LogP contribution < -0.4 is 4.90 Å². The second-order valence-corrected chi connectivity index (χ2v) is 18.4. The molecule has 0 heterocycles. The lowest BCUT2D eigenvalue weighted by Gasteiger charge is -2.26. The van der Waals surface area contributed by atoms with E-state index in [1.165, 1.54) is 93.9 Å². The topological polar surface area (TPSA) is 3.24 Å². The van der Waals surface area contributed by atoms with Crippen molar-refractivity contribution >= 4 is 38.6 Å². The van der Waals surface area contributed by atoms with Crippen molar-refractivity contribution in [2.75, 3.05) is 4.90 Å². The summed E-state index contributed by atoms with van der Waals surface area (Å²) in [5.74, 6) is 0.123. The molecule has 0 atom stereocenters. The van der Waals surface area contributed by atoms with Crippen molar-refractivity contribution in [3.05, 3.63) is 308 Å². The average molecular weight is 906 g/mol. The van der Waals surface area contributed by atoms with Gasteiger partial charge in [0.05, 0.1) is 0 Å². The smallest absolute Gasteiger partial charge is 0.0462 e. The van der Waals surface area contributed by atoms with Gasteiger partial charge in [0, 0.05) is 23.0 Å². The van der Waals surface area contributed by atoms with Crippen LogP contribution in [0.1, 0.15) is 22.6 Å². The fourth-order valence-corrected chi connectivity index (χ4v) is 10.5. The maximum Gasteiger partial charge on any atom is 0.0462 e. The van der Waals surface area contributed by atoms with E-state index in [2.05, 4.69) is 296 Å². The predicted molar refractivity (Wildman–Crippen MR) is 302 cm³/mol. The first kappa shape index (κ1) is 43.3. The Bertz CT molecular complexity index is 3600. The molecule has 0 N–H and O–H groups in total. The molecular weight excluding hydrogens is 855 g/mol. The first-order valence-corrected chi connectivity index (χ1v) is 24.7. The minimum Gasteiger partial charge on any atom is -0.311 e. The molecule has 0 saturated heterocycles. The van der Waals surface area contributed by atoms with Gasteiger partial charge >= 0.3 is 0 Å². The van der Waals surface area contributed by atoms with Gasteiger partial charge in [0.15, 0.2) is 0 Å². The third-order valence-electron chi connectivity index (χ3n) is 14.1. The lowest BCUT2D eigenvalue weighted by molar-refractivity contribution is 0.806. The molecule has 12 rings (SSSR count). The van der Waals surface area contributed by atoms with E-state index < -0.39 is 0 Å². The van der Waals surface area contributed by atoms with E-state index in [1.54, 1.807) is 0 Å². The van der Waals surface area contributed by atoms with Crippen LogP contribution in [0.25, 0.3) is 77.2 Å². The number of hydrogen-bond acceptors (Lipinski definition) is 1. The molecule has 0 fully saturated rings. The number of para-hydroxylation sites is 1. The maximum absolute atomic E-state index is 2.44. The van der Waals surface area contributed by atoms with Crippen LogP contribution in [0.2, 0.25) is 0 Å². The highest BCUT2D eigenvalue weighted by Gasteiger charge is 2.20. The highest BCUT2D eigenvalue weighted by atomic mass is 15.1. The Hall–Kier alpha value is -9.04. The minimum absolute atomic E-state index is 0.123. The van der Waals surface area contributed by atoms with Gasteiger partial charge in [-0.05, 0) is 137 Å². The zero-order chi connectivity index (χ0) is 47.3. The fraction of sp³-hybridized carbons (Fsp3) is 0.0286. The molecule has 0 aromatic heterocycles. The SMILES string of the molecule is c1ccc(-c2ccc(N(c3ccccc3)c3ccc(-c4ccc(CC(c5ccc(-c6cccc7ccccc67)cc5)c5ccc(-c6cccc7ccccc67)cc5)cc4-c4ccccc4)cc3)cc2)cc1. The Morgan fingerprint density at radius 2 is 0.634 bits per heavy atom. The highest BCUT2D eigenvalue weighted by molar-refractivity contribution is 5.98. The van der Waals surface area contributed by atoms with Gasteiger partial charge in [-0.15, -0.1) is 0 Å². The summed E-state index contributed by atoms with van der Waals surface area (Å²) in [6.07, 6.45) is 0.843. The fourth-order valence-electron chi connectivity index (χ4n) is 10.5. The van der Waals surface area contributed by atoms with Gasteiger partial charge in [-0.1, -0.05) is 255 Å². The monoisotopic (exact) mass is 905 g/mol. The van der Waals surface area contributed by atoms with Crippen molar-refractivity contribution in [3.8, 4) is 55.6 Å². The molecular formula is C70H51N. The Balaban J connectivity index is 0.904. The summed E-state index contributed by atoms with van der Waals surface area (Å²) < 4.78 is 0. The van der Waals surface area contributed by atoms with Gasteiger partial charge in [0.25, 0.3) is 0 Å². The van der Waals surface area contributed by atoms with E-state index in [-0.39, 0.29) is 5.92 Å². The van der Waals surface area contributed by atoms with Gasteiger partial charge in [0.1, 0.15) is 0 Å². The zero-order valence-corrected chi connectivity index (χ0v) is 39.4. The normalized spacial score (nSPS) is 11.3. The van der Waals surface area contributed by atoms with E-state index in [0.717, 1.165) is 23.5 Å². The number of fused-ring (bicyclic) bond motifs is 2. The lowest BCUT2D eigenvalue weighted by Crippen LogP contribution is -2.09. The summed E-state index contributed by atoms with van der Waals surface area (Å²) in [7, 11) is 0. The van der Waals surface area contributed by atoms with E-state index in [9.17, 15) is 0 Å². The van der Waals surface area contributed by atoms with Crippen molar-refractivity contribution in [2.24, 2.45) is 0 Å². The van der Waals surface area contributed by atoms with Crippen LogP contribution in [-0.2, 0) is 6.42 Å². The second kappa shape index (κ2) is 19.5. The number of anilines is 3. The summed E-state index contributed by atoms with van der Waals surface area (Å²) in [5.41, 5.74) is 19.4. The minimum atomic E-state index is 0.123. The zero-order valence-electron chi connectivity index (χ0n) is 39.4. The summed E-state index contributed by atoms with van der Waals surface area (Å²) in [6.45, 7) is 0. The Kier molecular flexibility index (Phi) is 11.9. The van der Waals surface area contributed by atoms with Crippen LogP contribution in [0.15, 0.2) is 291 Å². The predicted octanol–water partition coefficient (Wildman–Crippen LogP) is 19.2. The Morgan fingerprint density at radius 3 is 1.17 bits per heavy atom. The molecule has 0 aliphatic heterocycles. The molecule has 1 nitrogen and oxygen atoms in total. The summed E-state index contributed by atoms with van der Waals surface area (Å²) in [5, 5.41) is 5.06. The molecule has 1 heteroatoms. The van der Waals surface area contributed by atoms with Crippen LogP contribution in [-0.4, -0.2) is 0 Å². The Labute approximate surface area is 417 Å². The van der Waals surface area contributed by atoms with E-state index in [0.29, 0.717) is 0 Å². The van der Waals surface area contributed by atoms with E-state index >= 15 is 0 Å². The van der Waals surface area contributed by atoms with Crippen molar-refractivity contribution in [1.82, 2.24) is 0 Å². The van der Waals surface area contributed by atoms with Gasteiger partial charge < -0.3 is 4.90 Å². The first-order chi connectivity index (χ1) is 35.2. The van der Waals surface area contributed by atoms with Crippen molar-refractivity contribution in [3.63, 3.8) is 0 Å². The van der Waals surface area contributed by atoms with Gasteiger partial charge in [-0.25, -0.2) is 0 Å². The van der Waals surface area contributed by atoms with Crippen LogP contribution in [0.3, 0.4) is 0 Å². The second-order valence-electron chi connectivity index (χ2n) is 18.4. The summed E-state index contributed by atoms with van der Waals surface area (Å²) >= 11 is 0. The maximum atomic E-state index is 2.44. The van der Waals surface area contributed by atoms with Crippen molar-refractivity contribution in [1.29, 1.82) is 0 Å². The molecule has 0 amide bonds. The van der Waals surface area contributed by atoms with Gasteiger partial charge in [0.2, 0.25) is 0 Å². The highest BCUT2D eigenvalue weighted by Crippen LogP contribution is 2.41. The van der Waals surface area contributed by atoms with Crippen LogP contribution in [0, 0.1) is 0 Å². The molecule has 71 heavy (non-hydrogen) atoms. The van der Waals surface area contributed by atoms with Crippen LogP contribution in [0.5, 0.6) is 0 Å².